The van der Waals surface area contributed by atoms with E-state index >= 15 is 0 Å². The van der Waals surface area contributed by atoms with E-state index in [1.807, 2.05) is 31.2 Å². The van der Waals surface area contributed by atoms with Gasteiger partial charge in [0.25, 0.3) is 0 Å². The second kappa shape index (κ2) is 8.22. The van der Waals surface area contributed by atoms with E-state index in [9.17, 15) is 9.59 Å². The third-order valence-electron chi connectivity index (χ3n) is 3.51. The van der Waals surface area contributed by atoms with Crippen LogP contribution in [0.15, 0.2) is 30.3 Å². The first-order valence-corrected chi connectivity index (χ1v) is 7.66. The molecule has 5 heteroatoms. The van der Waals surface area contributed by atoms with Crippen LogP contribution >= 0.6 is 0 Å². The molecule has 1 aliphatic heterocycles. The number of hydrogen-bond donors (Lipinski definition) is 1. The molecule has 1 aromatic rings. The lowest BCUT2D eigenvalue weighted by Crippen LogP contribution is -2.38. The van der Waals surface area contributed by atoms with Gasteiger partial charge in [0.05, 0.1) is 13.2 Å². The normalized spacial score (nSPS) is 14.3. The maximum Gasteiger partial charge on any atom is 0.244 e. The van der Waals surface area contributed by atoms with Crippen LogP contribution in [0, 0.1) is 0 Å². The maximum absolute atomic E-state index is 11.8. The van der Waals surface area contributed by atoms with E-state index in [0.29, 0.717) is 6.61 Å². The second-order valence-corrected chi connectivity index (χ2v) is 5.11. The Kier molecular flexibility index (Phi) is 6.01. The Balaban J connectivity index is 1.84. The third kappa shape index (κ3) is 4.62. The number of carbonyl (C=O) groups is 2. The van der Waals surface area contributed by atoms with Crippen molar-refractivity contribution in [3.8, 4) is 5.75 Å². The summed E-state index contributed by atoms with van der Waals surface area (Å²) < 4.78 is 5.49. The quantitative estimate of drug-likeness (QED) is 0.816. The first-order valence-electron chi connectivity index (χ1n) is 7.66. The fourth-order valence-electron chi connectivity index (χ4n) is 2.37. The Morgan fingerprint density at radius 3 is 2.73 bits per heavy atom. The van der Waals surface area contributed by atoms with Gasteiger partial charge in [-0.15, -0.1) is 0 Å². The van der Waals surface area contributed by atoms with Gasteiger partial charge < -0.3 is 15.0 Å². The van der Waals surface area contributed by atoms with Crippen molar-refractivity contribution in [3.05, 3.63) is 35.9 Å². The van der Waals surface area contributed by atoms with Crippen LogP contribution < -0.4 is 10.1 Å². The molecule has 0 aromatic heterocycles. The van der Waals surface area contributed by atoms with Crippen LogP contribution in [-0.4, -0.2) is 43.0 Å². The Labute approximate surface area is 130 Å². The molecule has 0 saturated carbocycles. The van der Waals surface area contributed by atoms with Crippen molar-refractivity contribution in [3.63, 3.8) is 0 Å². The fourth-order valence-corrected chi connectivity index (χ4v) is 2.37. The highest BCUT2D eigenvalue weighted by Gasteiger charge is 2.17. The largest absolute Gasteiger partial charge is 0.493 e. The summed E-state index contributed by atoms with van der Waals surface area (Å²) >= 11 is 0. The molecule has 1 aliphatic rings. The van der Waals surface area contributed by atoms with Crippen molar-refractivity contribution in [2.45, 2.75) is 19.8 Å². The Bertz CT molecular complexity index is 549. The lowest BCUT2D eigenvalue weighted by Gasteiger charge is -2.14. The topological polar surface area (TPSA) is 58.6 Å². The zero-order chi connectivity index (χ0) is 15.8. The summed E-state index contributed by atoms with van der Waals surface area (Å²) in [5.74, 6) is 0.440. The summed E-state index contributed by atoms with van der Waals surface area (Å²) in [6, 6.07) is 7.51. The molecule has 2 amide bonds. The molecular formula is C17H22N2O3. The number of likely N-dealkylation sites (tertiary alicyclic amines) is 1. The smallest absolute Gasteiger partial charge is 0.244 e. The maximum atomic E-state index is 11.8. The molecule has 1 saturated heterocycles. The van der Waals surface area contributed by atoms with Crippen LogP contribution in [-0.2, 0) is 9.59 Å². The molecule has 1 aromatic carbocycles. The molecule has 0 atom stereocenters. The molecular weight excluding hydrogens is 280 g/mol. The minimum atomic E-state index is -0.279. The monoisotopic (exact) mass is 302 g/mol. The highest BCUT2D eigenvalue weighted by molar-refractivity contribution is 5.94. The molecule has 1 heterocycles. The van der Waals surface area contributed by atoms with Crippen molar-refractivity contribution in [1.29, 1.82) is 0 Å². The first-order chi connectivity index (χ1) is 10.7. The molecule has 0 aliphatic carbocycles. The number of nitrogens with zero attached hydrogens (tertiary/aromatic N) is 1. The van der Waals surface area contributed by atoms with Crippen LogP contribution in [0.2, 0.25) is 0 Å². The zero-order valence-corrected chi connectivity index (χ0v) is 12.9. The molecule has 1 N–H and O–H groups in total. The van der Waals surface area contributed by atoms with Crippen LogP contribution in [0.4, 0.5) is 0 Å². The number of benzene rings is 1. The predicted molar refractivity (Wildman–Crippen MR) is 85.5 cm³/mol. The van der Waals surface area contributed by atoms with Crippen molar-refractivity contribution >= 4 is 17.9 Å². The zero-order valence-electron chi connectivity index (χ0n) is 12.9. The van der Waals surface area contributed by atoms with Gasteiger partial charge in [-0.05, 0) is 31.9 Å². The molecule has 22 heavy (non-hydrogen) atoms. The molecule has 5 nitrogen and oxygen atoms in total. The summed E-state index contributed by atoms with van der Waals surface area (Å²) in [6.07, 6.45) is 5.22. The van der Waals surface area contributed by atoms with Gasteiger partial charge in [0, 0.05) is 24.7 Å². The third-order valence-corrected chi connectivity index (χ3v) is 3.51. The summed E-state index contributed by atoms with van der Waals surface area (Å²) in [4.78, 5) is 25.4. The van der Waals surface area contributed by atoms with E-state index in [0.717, 1.165) is 37.2 Å². The molecule has 0 radical (unpaired) electrons. The Morgan fingerprint density at radius 1 is 1.27 bits per heavy atom. The SMILES string of the molecule is CCOc1ccccc1/C=C/C(=O)NCC(=O)N1CCCC1. The number of nitrogens with one attached hydrogen (secondary N) is 1. The molecule has 0 unspecified atom stereocenters. The van der Waals surface area contributed by atoms with E-state index in [1.54, 1.807) is 11.0 Å². The van der Waals surface area contributed by atoms with Gasteiger partial charge in [-0.25, -0.2) is 0 Å². The van der Waals surface area contributed by atoms with Crippen LogP contribution in [0.3, 0.4) is 0 Å². The average molecular weight is 302 g/mol. The van der Waals surface area contributed by atoms with Gasteiger partial charge in [-0.3, -0.25) is 9.59 Å². The van der Waals surface area contributed by atoms with E-state index < -0.39 is 0 Å². The summed E-state index contributed by atoms with van der Waals surface area (Å²) in [6.45, 7) is 4.13. The highest BCUT2D eigenvalue weighted by atomic mass is 16.5. The van der Waals surface area contributed by atoms with Crippen LogP contribution in [0.5, 0.6) is 5.75 Å². The van der Waals surface area contributed by atoms with Gasteiger partial charge in [0.1, 0.15) is 5.75 Å². The summed E-state index contributed by atoms with van der Waals surface area (Å²) in [5, 5.41) is 2.62. The molecule has 0 bridgehead atoms. The molecule has 0 spiro atoms. The lowest BCUT2D eigenvalue weighted by molar-refractivity contribution is -0.131. The minimum absolute atomic E-state index is 0.0195. The molecule has 1 fully saturated rings. The Morgan fingerprint density at radius 2 is 2.00 bits per heavy atom. The van der Waals surface area contributed by atoms with E-state index in [1.165, 1.54) is 6.08 Å². The van der Waals surface area contributed by atoms with Crippen LogP contribution in [0.1, 0.15) is 25.3 Å². The summed E-state index contributed by atoms with van der Waals surface area (Å²) in [5.41, 5.74) is 0.838. The van der Waals surface area contributed by atoms with Gasteiger partial charge in [-0.2, -0.15) is 0 Å². The minimum Gasteiger partial charge on any atom is -0.493 e. The van der Waals surface area contributed by atoms with Gasteiger partial charge in [0.15, 0.2) is 0 Å². The highest BCUT2D eigenvalue weighted by Crippen LogP contribution is 2.19. The van der Waals surface area contributed by atoms with Gasteiger partial charge in [0.2, 0.25) is 11.8 Å². The number of hydrogen-bond acceptors (Lipinski definition) is 3. The molecule has 118 valence electrons. The standard InChI is InChI=1S/C17H22N2O3/c1-2-22-15-8-4-3-7-14(15)9-10-16(20)18-13-17(21)19-11-5-6-12-19/h3-4,7-10H,2,5-6,11-13H2,1H3,(H,18,20)/b10-9+. The summed E-state index contributed by atoms with van der Waals surface area (Å²) in [7, 11) is 0. The van der Waals surface area contributed by atoms with Crippen molar-refractivity contribution in [2.75, 3.05) is 26.2 Å². The van der Waals surface area contributed by atoms with Gasteiger partial charge in [-0.1, -0.05) is 18.2 Å². The number of ether oxygens (including phenoxy) is 1. The lowest BCUT2D eigenvalue weighted by atomic mass is 10.2. The Hall–Kier alpha value is -2.30. The van der Waals surface area contributed by atoms with E-state index in [-0.39, 0.29) is 18.4 Å². The number of amides is 2. The van der Waals surface area contributed by atoms with E-state index in [4.69, 9.17) is 4.74 Å². The van der Waals surface area contributed by atoms with Crippen molar-refractivity contribution in [1.82, 2.24) is 10.2 Å². The van der Waals surface area contributed by atoms with Crippen LogP contribution in [0.25, 0.3) is 6.08 Å². The van der Waals surface area contributed by atoms with E-state index in [2.05, 4.69) is 5.32 Å². The number of carbonyl (C=O) groups excluding carboxylic acids is 2. The molecule has 2 rings (SSSR count). The van der Waals surface area contributed by atoms with Crippen molar-refractivity contribution < 1.29 is 14.3 Å². The predicted octanol–water partition coefficient (Wildman–Crippen LogP) is 1.84. The average Bonchev–Trinajstić information content (AvgIpc) is 3.06. The fraction of sp³-hybridized carbons (Fsp3) is 0.412. The first kappa shape index (κ1) is 16.1. The second-order valence-electron chi connectivity index (χ2n) is 5.11. The van der Waals surface area contributed by atoms with Crippen molar-refractivity contribution in [2.24, 2.45) is 0 Å². The number of rotatable bonds is 6. The number of para-hydroxylation sites is 1. The van der Waals surface area contributed by atoms with Gasteiger partial charge >= 0.3 is 0 Å².